The predicted octanol–water partition coefficient (Wildman–Crippen LogP) is 8.96. The normalized spacial score (nSPS) is 17.0. The third kappa shape index (κ3) is 6.04. The zero-order valence-corrected chi connectivity index (χ0v) is 31.4. The molecule has 2 atom stereocenters. The average Bonchev–Trinajstić information content (AvgIpc) is 4.01. The standard InChI is InChI=1S/C47H43N7O2/c1-2-3-23-43-48-32-42-41(53-44(55)30-31-45(53)56)29-28-40(52(42)43)34-26-24-33(25-27-34)38-21-13-14-22-39(38)46-49-51-54(50-46)47(35-15-7-4-8-16-35,36-17-9-5-10-18-36)37-19-11-6-12-20-37/h4-22,24-27,32,40-41H,2-3,23,28-31H2,1H3/t40-,41-/m0/s1. The second-order valence-electron chi connectivity index (χ2n) is 14.7. The maximum absolute atomic E-state index is 12.8. The van der Waals surface area contributed by atoms with Crippen LogP contribution in [0.4, 0.5) is 0 Å². The summed E-state index contributed by atoms with van der Waals surface area (Å²) in [6.07, 6.45) is 6.92. The number of tetrazole rings is 1. The Balaban J connectivity index is 1.09. The van der Waals surface area contributed by atoms with Crippen molar-refractivity contribution in [1.29, 1.82) is 0 Å². The first-order valence-corrected chi connectivity index (χ1v) is 19.7. The molecule has 2 aromatic heterocycles. The van der Waals surface area contributed by atoms with Crippen LogP contribution in [0.3, 0.4) is 0 Å². The minimum Gasteiger partial charge on any atom is -0.323 e. The molecule has 9 rings (SSSR count). The largest absolute Gasteiger partial charge is 0.323 e. The van der Waals surface area contributed by atoms with Gasteiger partial charge in [0.05, 0.1) is 24.0 Å². The predicted molar refractivity (Wildman–Crippen MR) is 215 cm³/mol. The summed E-state index contributed by atoms with van der Waals surface area (Å²) in [6.45, 7) is 2.18. The minimum atomic E-state index is -0.873. The highest BCUT2D eigenvalue weighted by molar-refractivity contribution is 6.02. The minimum absolute atomic E-state index is 0.0522. The Bertz CT molecular complexity index is 2360. The first-order chi connectivity index (χ1) is 27.6. The fourth-order valence-corrected chi connectivity index (χ4v) is 8.82. The number of benzene rings is 5. The zero-order valence-electron chi connectivity index (χ0n) is 31.4. The number of fused-ring (bicyclic) bond motifs is 1. The van der Waals surface area contributed by atoms with E-state index in [2.05, 4.69) is 84.3 Å². The van der Waals surface area contributed by atoms with Gasteiger partial charge in [-0.1, -0.05) is 153 Å². The van der Waals surface area contributed by atoms with Crippen molar-refractivity contribution in [2.24, 2.45) is 0 Å². The van der Waals surface area contributed by atoms with Gasteiger partial charge >= 0.3 is 0 Å². The highest BCUT2D eigenvalue weighted by atomic mass is 16.2. The Kier molecular flexibility index (Phi) is 9.43. The number of aryl methyl sites for hydroxylation is 1. The molecule has 0 aliphatic carbocycles. The molecule has 2 amide bonds. The van der Waals surface area contributed by atoms with E-state index in [-0.39, 0.29) is 36.7 Å². The number of carbonyl (C=O) groups excluding carboxylic acids is 2. The van der Waals surface area contributed by atoms with Gasteiger partial charge in [-0.05, 0) is 57.9 Å². The highest BCUT2D eigenvalue weighted by Gasteiger charge is 2.42. The molecule has 56 heavy (non-hydrogen) atoms. The number of likely N-dealkylation sites (tertiary alicyclic amines) is 1. The molecule has 0 saturated carbocycles. The Morgan fingerprint density at radius 2 is 1.21 bits per heavy atom. The van der Waals surface area contributed by atoms with Gasteiger partial charge in [0.15, 0.2) is 5.54 Å². The summed E-state index contributed by atoms with van der Waals surface area (Å²) < 4.78 is 2.31. The number of carbonyl (C=O) groups is 2. The molecule has 9 nitrogen and oxygen atoms in total. The quantitative estimate of drug-likeness (QED) is 0.0972. The van der Waals surface area contributed by atoms with Gasteiger partial charge in [0.1, 0.15) is 5.82 Å². The number of nitrogens with zero attached hydrogens (tertiary/aromatic N) is 7. The summed E-state index contributed by atoms with van der Waals surface area (Å²) in [5.74, 6) is 1.39. The highest BCUT2D eigenvalue weighted by Crippen LogP contribution is 2.43. The molecule has 1 fully saturated rings. The van der Waals surface area contributed by atoms with E-state index in [1.54, 1.807) is 4.80 Å². The Labute approximate surface area is 326 Å². The Hall–Kier alpha value is -6.48. The van der Waals surface area contributed by atoms with Crippen LogP contribution in [0.1, 0.15) is 91.3 Å². The Morgan fingerprint density at radius 1 is 0.661 bits per heavy atom. The smallest absolute Gasteiger partial charge is 0.230 e. The summed E-state index contributed by atoms with van der Waals surface area (Å²) >= 11 is 0. The van der Waals surface area contributed by atoms with Crippen LogP contribution in [0.5, 0.6) is 0 Å². The molecule has 2 aliphatic rings. The molecule has 0 bridgehead atoms. The van der Waals surface area contributed by atoms with Crippen LogP contribution in [0.2, 0.25) is 0 Å². The maximum atomic E-state index is 12.8. The van der Waals surface area contributed by atoms with E-state index in [4.69, 9.17) is 20.4 Å². The lowest BCUT2D eigenvalue weighted by Gasteiger charge is -2.36. The van der Waals surface area contributed by atoms with Gasteiger partial charge in [-0.3, -0.25) is 14.5 Å². The van der Waals surface area contributed by atoms with E-state index in [0.29, 0.717) is 12.2 Å². The molecule has 1 saturated heterocycles. The van der Waals surface area contributed by atoms with Crippen molar-refractivity contribution in [3.05, 3.63) is 179 Å². The van der Waals surface area contributed by atoms with Gasteiger partial charge in [-0.2, -0.15) is 0 Å². The van der Waals surface area contributed by atoms with Gasteiger partial charge < -0.3 is 4.57 Å². The second-order valence-corrected chi connectivity index (χ2v) is 14.7. The molecule has 2 aliphatic heterocycles. The number of imide groups is 1. The van der Waals surface area contributed by atoms with Crippen molar-refractivity contribution in [3.63, 3.8) is 0 Å². The molecule has 278 valence electrons. The average molecular weight is 738 g/mol. The number of unbranched alkanes of at least 4 members (excludes halogenated alkanes) is 1. The number of imidazole rings is 1. The van der Waals surface area contributed by atoms with E-state index < -0.39 is 5.54 Å². The van der Waals surface area contributed by atoms with Gasteiger partial charge in [0.25, 0.3) is 0 Å². The van der Waals surface area contributed by atoms with Gasteiger partial charge in [-0.25, -0.2) is 4.98 Å². The monoisotopic (exact) mass is 737 g/mol. The van der Waals surface area contributed by atoms with E-state index in [1.165, 1.54) is 10.5 Å². The summed E-state index contributed by atoms with van der Waals surface area (Å²) in [5, 5.41) is 14.7. The number of aromatic nitrogens is 6. The number of amides is 2. The molecule has 9 heteroatoms. The zero-order chi connectivity index (χ0) is 38.1. The van der Waals surface area contributed by atoms with Crippen molar-refractivity contribution in [3.8, 4) is 22.5 Å². The fraction of sp³-hybridized carbons (Fsp3) is 0.234. The van der Waals surface area contributed by atoms with Gasteiger partial charge in [0, 0.05) is 24.8 Å². The molecular formula is C47H43N7O2. The van der Waals surface area contributed by atoms with Gasteiger partial charge in [-0.15, -0.1) is 15.0 Å². The summed E-state index contributed by atoms with van der Waals surface area (Å²) in [4.78, 5) is 33.8. The topological polar surface area (TPSA) is 98.8 Å². The lowest BCUT2D eigenvalue weighted by molar-refractivity contribution is -0.142. The van der Waals surface area contributed by atoms with E-state index in [9.17, 15) is 9.59 Å². The summed E-state index contributed by atoms with van der Waals surface area (Å²) in [5.41, 5.74) is 7.26. The fourth-order valence-electron chi connectivity index (χ4n) is 8.82. The molecule has 0 spiro atoms. The van der Waals surface area contributed by atoms with Gasteiger partial charge in [0.2, 0.25) is 17.6 Å². The molecular weight excluding hydrogens is 695 g/mol. The number of hydrogen-bond donors (Lipinski definition) is 0. The molecule has 7 aromatic rings. The van der Waals surface area contributed by atoms with Crippen LogP contribution in [-0.4, -0.2) is 46.5 Å². The summed E-state index contributed by atoms with van der Waals surface area (Å²) in [6, 6.07) is 47.8. The third-order valence-electron chi connectivity index (χ3n) is 11.5. The van der Waals surface area contributed by atoms with Crippen LogP contribution in [0.25, 0.3) is 22.5 Å². The lowest BCUT2D eigenvalue weighted by Crippen LogP contribution is -2.39. The second kappa shape index (κ2) is 15.0. The van der Waals surface area contributed by atoms with Crippen LogP contribution in [0.15, 0.2) is 146 Å². The maximum Gasteiger partial charge on any atom is 0.230 e. The van der Waals surface area contributed by atoms with Crippen molar-refractivity contribution in [2.75, 3.05) is 0 Å². The van der Waals surface area contributed by atoms with Crippen molar-refractivity contribution < 1.29 is 9.59 Å². The summed E-state index contributed by atoms with van der Waals surface area (Å²) in [7, 11) is 0. The van der Waals surface area contributed by atoms with Crippen molar-refractivity contribution >= 4 is 11.8 Å². The molecule has 0 radical (unpaired) electrons. The number of hydrogen-bond acceptors (Lipinski definition) is 6. The van der Waals surface area contributed by atoms with Crippen molar-refractivity contribution in [2.45, 2.75) is 69.5 Å². The van der Waals surface area contributed by atoms with E-state index >= 15 is 0 Å². The molecule has 0 N–H and O–H groups in total. The first kappa shape index (κ1) is 35.2. The van der Waals surface area contributed by atoms with Crippen LogP contribution in [-0.2, 0) is 21.5 Å². The number of rotatable bonds is 11. The van der Waals surface area contributed by atoms with Crippen molar-refractivity contribution in [1.82, 2.24) is 34.7 Å². The first-order valence-electron chi connectivity index (χ1n) is 19.7. The van der Waals surface area contributed by atoms with E-state index in [0.717, 1.165) is 70.6 Å². The van der Waals surface area contributed by atoms with Crippen LogP contribution >= 0.6 is 0 Å². The SMILES string of the molecule is CCCCc1ncc2n1[C@H](c1ccc(-c3ccccc3-c3nnn(C(c4ccccc4)(c4ccccc4)c4ccccc4)n3)cc1)CC[C@@H]2N1C(=O)CCC1=O. The van der Waals surface area contributed by atoms with Crippen LogP contribution in [0, 0.1) is 0 Å². The van der Waals surface area contributed by atoms with Crippen LogP contribution < -0.4 is 0 Å². The molecule has 0 unspecified atom stereocenters. The molecule has 4 heterocycles. The van der Waals surface area contributed by atoms with E-state index in [1.807, 2.05) is 72.9 Å². The molecule has 5 aromatic carbocycles. The lowest BCUT2D eigenvalue weighted by atomic mass is 9.77. The third-order valence-corrected chi connectivity index (χ3v) is 11.5. The Morgan fingerprint density at radius 3 is 1.80 bits per heavy atom.